The molecule has 0 spiro atoms. The first-order valence-corrected chi connectivity index (χ1v) is 5.50. The Hall–Kier alpha value is -1.13. The number of benzene rings is 1. The fraction of sp³-hybridized carbons (Fsp3) is 0.500. The summed E-state index contributed by atoms with van der Waals surface area (Å²) in [5.74, 6) is 0.0477. The van der Waals surface area contributed by atoms with Gasteiger partial charge in [0.25, 0.3) is 0 Å². The Kier molecular flexibility index (Phi) is 3.41. The Labute approximate surface area is 95.0 Å². The highest BCUT2D eigenvalue weighted by Gasteiger charge is 2.20. The molecule has 1 aliphatic rings. The molecule has 16 heavy (non-hydrogen) atoms. The molecule has 1 heterocycles. The van der Waals surface area contributed by atoms with E-state index in [1.807, 2.05) is 6.07 Å². The molecule has 0 bridgehead atoms. The summed E-state index contributed by atoms with van der Waals surface area (Å²) < 4.78 is 18.5. The molecule has 3 nitrogen and oxygen atoms in total. The van der Waals surface area contributed by atoms with Crippen molar-refractivity contribution in [2.24, 2.45) is 5.73 Å². The van der Waals surface area contributed by atoms with Crippen LogP contribution in [0, 0.1) is 5.82 Å². The SMILES string of the molecule is COc1c(F)cccc1CN1CCC(N)C1. The van der Waals surface area contributed by atoms with Crippen LogP contribution in [0.4, 0.5) is 4.39 Å². The van der Waals surface area contributed by atoms with Crippen molar-refractivity contribution >= 4 is 0 Å². The Morgan fingerprint density at radius 2 is 2.38 bits per heavy atom. The molecule has 1 aliphatic heterocycles. The molecule has 0 aliphatic carbocycles. The summed E-state index contributed by atoms with van der Waals surface area (Å²) in [7, 11) is 1.50. The minimum Gasteiger partial charge on any atom is -0.493 e. The van der Waals surface area contributed by atoms with Crippen molar-refractivity contribution in [1.82, 2.24) is 4.90 Å². The molecule has 1 atom stereocenters. The zero-order valence-corrected chi connectivity index (χ0v) is 9.45. The van der Waals surface area contributed by atoms with Gasteiger partial charge in [-0.15, -0.1) is 0 Å². The van der Waals surface area contributed by atoms with Crippen LogP contribution in [0.1, 0.15) is 12.0 Å². The molecule has 1 unspecified atom stereocenters. The van der Waals surface area contributed by atoms with Gasteiger partial charge in [0.1, 0.15) is 0 Å². The molecule has 2 rings (SSSR count). The van der Waals surface area contributed by atoms with Gasteiger partial charge in [-0.05, 0) is 12.5 Å². The van der Waals surface area contributed by atoms with Crippen LogP contribution in [0.15, 0.2) is 18.2 Å². The monoisotopic (exact) mass is 224 g/mol. The number of methoxy groups -OCH3 is 1. The van der Waals surface area contributed by atoms with E-state index in [-0.39, 0.29) is 11.9 Å². The minimum absolute atomic E-state index is 0.250. The summed E-state index contributed by atoms with van der Waals surface area (Å²) in [6.45, 7) is 2.55. The summed E-state index contributed by atoms with van der Waals surface area (Å²) in [5, 5.41) is 0. The molecule has 88 valence electrons. The van der Waals surface area contributed by atoms with Crippen LogP contribution in [0.3, 0.4) is 0 Å². The summed E-state index contributed by atoms with van der Waals surface area (Å²) in [5.41, 5.74) is 6.72. The van der Waals surface area contributed by atoms with E-state index in [9.17, 15) is 4.39 Å². The molecular formula is C12H17FN2O. The molecular weight excluding hydrogens is 207 g/mol. The lowest BCUT2D eigenvalue weighted by atomic mass is 10.2. The second-order valence-corrected chi connectivity index (χ2v) is 4.22. The Morgan fingerprint density at radius 3 is 3.00 bits per heavy atom. The quantitative estimate of drug-likeness (QED) is 0.842. The first-order valence-electron chi connectivity index (χ1n) is 5.50. The van der Waals surface area contributed by atoms with Gasteiger partial charge in [0, 0.05) is 31.2 Å². The second-order valence-electron chi connectivity index (χ2n) is 4.22. The Morgan fingerprint density at radius 1 is 1.56 bits per heavy atom. The van der Waals surface area contributed by atoms with Crippen molar-refractivity contribution < 1.29 is 9.13 Å². The average Bonchev–Trinajstić information content (AvgIpc) is 2.64. The van der Waals surface area contributed by atoms with Crippen molar-refractivity contribution in [2.45, 2.75) is 19.0 Å². The zero-order chi connectivity index (χ0) is 11.5. The van der Waals surface area contributed by atoms with Crippen molar-refractivity contribution in [1.29, 1.82) is 0 Å². The second kappa shape index (κ2) is 4.80. The van der Waals surface area contributed by atoms with Gasteiger partial charge in [-0.2, -0.15) is 0 Å². The first-order chi connectivity index (χ1) is 7.70. The molecule has 1 saturated heterocycles. The third kappa shape index (κ3) is 2.33. The highest BCUT2D eigenvalue weighted by Crippen LogP contribution is 2.24. The lowest BCUT2D eigenvalue weighted by Crippen LogP contribution is -2.26. The number of halogens is 1. The third-order valence-corrected chi connectivity index (χ3v) is 2.96. The number of likely N-dealkylation sites (tertiary alicyclic amines) is 1. The lowest BCUT2D eigenvalue weighted by molar-refractivity contribution is 0.312. The van der Waals surface area contributed by atoms with Crippen LogP contribution in [-0.4, -0.2) is 31.1 Å². The Balaban J connectivity index is 2.12. The predicted molar refractivity (Wildman–Crippen MR) is 60.8 cm³/mol. The molecule has 2 N–H and O–H groups in total. The fourth-order valence-corrected chi connectivity index (χ4v) is 2.15. The average molecular weight is 224 g/mol. The summed E-state index contributed by atoms with van der Waals surface area (Å²) in [6.07, 6.45) is 1.01. The van der Waals surface area contributed by atoms with E-state index in [1.165, 1.54) is 13.2 Å². The maximum Gasteiger partial charge on any atom is 0.165 e. The first kappa shape index (κ1) is 11.4. The standard InChI is InChI=1S/C12H17FN2O/c1-16-12-9(3-2-4-11(12)13)7-15-6-5-10(14)8-15/h2-4,10H,5-8,14H2,1H3. The number of ether oxygens (including phenoxy) is 1. The smallest absolute Gasteiger partial charge is 0.165 e. The van der Waals surface area contributed by atoms with E-state index < -0.39 is 0 Å². The van der Waals surface area contributed by atoms with Crippen molar-refractivity contribution in [3.05, 3.63) is 29.6 Å². The highest BCUT2D eigenvalue weighted by molar-refractivity contribution is 5.34. The van der Waals surface area contributed by atoms with Gasteiger partial charge < -0.3 is 10.5 Å². The van der Waals surface area contributed by atoms with Gasteiger partial charge in [-0.3, -0.25) is 4.90 Å². The van der Waals surface area contributed by atoms with E-state index in [4.69, 9.17) is 10.5 Å². The molecule has 0 saturated carbocycles. The largest absolute Gasteiger partial charge is 0.493 e. The molecule has 1 aromatic rings. The molecule has 1 fully saturated rings. The molecule has 0 radical (unpaired) electrons. The van der Waals surface area contributed by atoms with E-state index in [1.54, 1.807) is 6.07 Å². The number of hydrogen-bond donors (Lipinski definition) is 1. The van der Waals surface area contributed by atoms with Crippen LogP contribution >= 0.6 is 0 Å². The maximum absolute atomic E-state index is 13.4. The molecule has 4 heteroatoms. The fourth-order valence-electron chi connectivity index (χ4n) is 2.15. The molecule has 0 aromatic heterocycles. The highest BCUT2D eigenvalue weighted by atomic mass is 19.1. The number of nitrogens with two attached hydrogens (primary N) is 1. The lowest BCUT2D eigenvalue weighted by Gasteiger charge is -2.17. The number of para-hydroxylation sites is 1. The van der Waals surface area contributed by atoms with Gasteiger partial charge in [-0.25, -0.2) is 4.39 Å². The normalized spacial score (nSPS) is 21.3. The predicted octanol–water partition coefficient (Wildman–Crippen LogP) is 1.37. The number of hydrogen-bond acceptors (Lipinski definition) is 3. The minimum atomic E-state index is -0.302. The topological polar surface area (TPSA) is 38.5 Å². The van der Waals surface area contributed by atoms with E-state index in [0.29, 0.717) is 12.3 Å². The van der Waals surface area contributed by atoms with Gasteiger partial charge in [0.05, 0.1) is 7.11 Å². The summed E-state index contributed by atoms with van der Waals surface area (Å²) in [6, 6.07) is 5.27. The van der Waals surface area contributed by atoms with E-state index in [0.717, 1.165) is 25.1 Å². The van der Waals surface area contributed by atoms with E-state index in [2.05, 4.69) is 4.90 Å². The van der Waals surface area contributed by atoms with Gasteiger partial charge >= 0.3 is 0 Å². The van der Waals surface area contributed by atoms with Crippen LogP contribution in [0.2, 0.25) is 0 Å². The summed E-state index contributed by atoms with van der Waals surface area (Å²) in [4.78, 5) is 2.22. The van der Waals surface area contributed by atoms with Crippen LogP contribution in [-0.2, 0) is 6.54 Å². The van der Waals surface area contributed by atoms with Gasteiger partial charge in [0.2, 0.25) is 0 Å². The van der Waals surface area contributed by atoms with Crippen LogP contribution in [0.25, 0.3) is 0 Å². The van der Waals surface area contributed by atoms with Crippen LogP contribution in [0.5, 0.6) is 5.75 Å². The third-order valence-electron chi connectivity index (χ3n) is 2.96. The summed E-state index contributed by atoms with van der Waals surface area (Å²) >= 11 is 0. The Bertz CT molecular complexity index is 370. The maximum atomic E-state index is 13.4. The number of nitrogens with zero attached hydrogens (tertiary/aromatic N) is 1. The van der Waals surface area contributed by atoms with Crippen molar-refractivity contribution in [3.63, 3.8) is 0 Å². The zero-order valence-electron chi connectivity index (χ0n) is 9.45. The molecule has 0 amide bonds. The molecule has 1 aromatic carbocycles. The van der Waals surface area contributed by atoms with Crippen molar-refractivity contribution in [3.8, 4) is 5.75 Å². The van der Waals surface area contributed by atoms with E-state index >= 15 is 0 Å². The number of rotatable bonds is 3. The van der Waals surface area contributed by atoms with Crippen LogP contribution < -0.4 is 10.5 Å². The van der Waals surface area contributed by atoms with Gasteiger partial charge in [-0.1, -0.05) is 12.1 Å². The van der Waals surface area contributed by atoms with Crippen molar-refractivity contribution in [2.75, 3.05) is 20.2 Å². The van der Waals surface area contributed by atoms with Gasteiger partial charge in [0.15, 0.2) is 11.6 Å².